The number of hydrogen-bond donors (Lipinski definition) is 7. The van der Waals surface area contributed by atoms with Crippen LogP contribution in [0.1, 0.15) is 267 Å². The van der Waals surface area contributed by atoms with Crippen LogP contribution < -0.4 is 65.0 Å². The number of aliphatic hydroxyl groups excluding tert-OH is 4. The molecule has 8 fully saturated rings. The van der Waals surface area contributed by atoms with Gasteiger partial charge in [0.25, 0.3) is 0 Å². The van der Waals surface area contributed by atoms with E-state index in [0.29, 0.717) is 83.5 Å². The summed E-state index contributed by atoms with van der Waals surface area (Å²) in [7, 11) is 3.21. The van der Waals surface area contributed by atoms with Crippen LogP contribution in [0.2, 0.25) is 0 Å². The van der Waals surface area contributed by atoms with E-state index in [1.54, 1.807) is 12.2 Å². The van der Waals surface area contributed by atoms with Gasteiger partial charge in [0, 0.05) is 85.2 Å². The first-order valence-corrected chi connectivity index (χ1v) is 42.1. The van der Waals surface area contributed by atoms with Gasteiger partial charge in [-0.05, 0) is 178 Å². The number of rotatable bonds is 24. The average Bonchev–Trinajstić information content (AvgIpc) is 1.67. The maximum atomic E-state index is 14.4. The van der Waals surface area contributed by atoms with E-state index in [2.05, 4.69) is 85.6 Å². The summed E-state index contributed by atoms with van der Waals surface area (Å²) < 4.78 is 67.6. The van der Waals surface area contributed by atoms with E-state index < -0.39 is 87.9 Å². The number of nitrogens with two attached hydrogens (primary N) is 1. The van der Waals surface area contributed by atoms with E-state index in [1.807, 2.05) is 95.4 Å². The number of carbonyl (C=O) groups excluding carboxylic acids is 3. The molecule has 27 heteroatoms. The second-order valence-corrected chi connectivity index (χ2v) is 35.9. The minimum atomic E-state index is -1.36. The van der Waals surface area contributed by atoms with Gasteiger partial charge < -0.3 is 103 Å². The van der Waals surface area contributed by atoms with Crippen LogP contribution in [-0.4, -0.2) is 211 Å². The third-order valence-electron chi connectivity index (χ3n) is 28.9. The molecule has 0 amide bonds. The summed E-state index contributed by atoms with van der Waals surface area (Å²) >= 11 is 0. The number of ether oxygens (including phenoxy) is 10. The fraction of sp³-hybridized carbons (Fsp3) is 0.907. The molecule has 113 heavy (non-hydrogen) atoms. The Balaban J connectivity index is 0.000000542. The SMILES string of the molecule is CC[C@@H]([C-]=O)[C@H]1CC[C@H](C)[C@H]([C@@H](C)[C@H](O)[C@H](C)C(=NC)[C@H](CC)[C@H]2O[C@]3(C=C[C@@H](O)[C@]4(CC[C@@](C)([C@H]5CC[C@](O)(CC)[C@H](C)O5)O4)O3)[C@H](C)C[C@@H]2C)O1.CC[C@@H]([C-]=O)[C@H]1CC[C@H](C)[C@H]([C@@H](C)[C@H](O)[C@H](C)C(=O)[C@H](CC)[C@H]2O[C@]3(C=C[C@@H](O)[C@]4(CC[C@@](C)([C@H]5CC[C@](O)(CC)[C@H](C)O5)O4)O3)[C@H](C)C[C@@H]2C)O1.CON.Cl.[Na+].[Na+].[OH-].[OH-]. The van der Waals surface area contributed by atoms with Gasteiger partial charge in [-0.1, -0.05) is 124 Å². The van der Waals surface area contributed by atoms with Crippen molar-refractivity contribution < 1.29 is 167 Å². The standard InChI is InChI=1S/C43H72NO9.C42H69O10.CH5NO.ClH.2Na.2H2O/c1-12-31(24-45)33-16-15-25(4)38(50-33)29(8)37(47)28(7)36(44-11)32(13-2)39-26(5)23-27(6)42(51-39)20-17-34(46)43(53-42)22-21-40(10,52-43)35-18-19-41(48,14-3)30(9)49-35;1-11-30(23-43)32-15-14-24(4)37(49-32)28(8)35(45)27(7)36(46)31(12-2)38-25(5)22-26(6)41(50-38)19-16-33(44)42(52-41)21-20-39(10,51-42)34-17-18-40(47,13-3)29(9)48-34;1-3-2;;;;;/h17,20,25-35,37-39,46-48H,12-16,18-19,21-23H2,1-11H3;16,19,24-35,37-38,44-45,47H,11-15,17-18,20-22H2,1-10H3;2H2,1H3;1H;;;2*1H2/q2*-1;;;2*+1;;/p-2/t25-,26-,27+,28+,29-,30-,31-,32-,33+,34+,35+,37+,38+,39-,40-,41+,42-,43-;24-,25-,26+,27-,28-,29-,30-,31-,32+,33+,34+,35+,37+,38-,39-,40+,41-,42-;;;;;;/m00....../s1. The van der Waals surface area contributed by atoms with Crippen molar-refractivity contribution in [2.75, 3.05) is 14.2 Å². The van der Waals surface area contributed by atoms with E-state index in [-0.39, 0.29) is 214 Å². The van der Waals surface area contributed by atoms with Gasteiger partial charge in [0.15, 0.2) is 11.6 Å². The fourth-order valence-electron chi connectivity index (χ4n) is 21.0. The van der Waals surface area contributed by atoms with Crippen LogP contribution in [0.3, 0.4) is 0 Å². The first-order valence-electron chi connectivity index (χ1n) is 42.1. The molecule has 0 unspecified atom stereocenters. The maximum absolute atomic E-state index is 14.4. The van der Waals surface area contributed by atoms with Crippen LogP contribution in [0.15, 0.2) is 29.3 Å². The number of nitrogens with zero attached hydrogens (tertiary/aromatic N) is 1. The summed E-state index contributed by atoms with van der Waals surface area (Å²) in [5.41, 5.74) is -2.26. The molecule has 0 bridgehead atoms. The number of Topliss-reactive ketones (excluding diaryl/α,β-unsaturated/α-hetero) is 1. The Morgan fingerprint density at radius 3 is 1.23 bits per heavy atom. The Hall–Kier alpha value is -0.350. The molecule has 36 atom stereocenters. The Labute approximate surface area is 728 Å². The third kappa shape index (κ3) is 22.2. The number of aliphatic hydroxyl groups is 6. The van der Waals surface area contributed by atoms with Crippen LogP contribution in [0.5, 0.6) is 0 Å². The molecular weight excluding hydrogens is 1490 g/mol. The zero-order valence-electron chi connectivity index (χ0n) is 73.3. The maximum Gasteiger partial charge on any atom is 1.00 e. The van der Waals surface area contributed by atoms with Crippen molar-refractivity contribution >= 4 is 36.5 Å². The van der Waals surface area contributed by atoms with Gasteiger partial charge in [-0.2, -0.15) is 0 Å². The van der Waals surface area contributed by atoms with Crippen LogP contribution in [0.25, 0.3) is 0 Å². The molecule has 10 aliphatic heterocycles. The molecule has 10 rings (SSSR count). The van der Waals surface area contributed by atoms with Crippen LogP contribution in [0.4, 0.5) is 0 Å². The van der Waals surface area contributed by atoms with E-state index in [4.69, 9.17) is 52.4 Å². The van der Waals surface area contributed by atoms with Gasteiger partial charge in [-0.3, -0.25) is 22.4 Å². The minimum Gasteiger partial charge on any atom is -0.870 e. The van der Waals surface area contributed by atoms with Gasteiger partial charge in [-0.15, -0.1) is 24.2 Å². The Morgan fingerprint density at radius 1 is 0.540 bits per heavy atom. The zero-order chi connectivity index (χ0) is 80.2. The van der Waals surface area contributed by atoms with Gasteiger partial charge >= 0.3 is 59.1 Å². The molecular formula is C86H149ClN2Na2O22-2. The molecule has 0 aromatic heterocycles. The van der Waals surface area contributed by atoms with Gasteiger partial charge in [0.2, 0.25) is 11.6 Å². The Morgan fingerprint density at radius 2 is 0.903 bits per heavy atom. The van der Waals surface area contributed by atoms with Crippen LogP contribution in [0, 0.1) is 82.9 Å². The molecule has 10 heterocycles. The van der Waals surface area contributed by atoms with Crippen molar-refractivity contribution in [2.24, 2.45) is 93.7 Å². The molecule has 0 aromatic carbocycles. The first kappa shape index (κ1) is 107. The number of ketones is 1. The molecule has 646 valence electrons. The summed E-state index contributed by atoms with van der Waals surface area (Å²) in [5.74, 6) is -2.74. The van der Waals surface area contributed by atoms with Gasteiger partial charge in [0.05, 0.1) is 90.6 Å². The van der Waals surface area contributed by atoms with Gasteiger partial charge in [-0.25, -0.2) is 5.90 Å². The van der Waals surface area contributed by atoms with Gasteiger partial charge in [0.1, 0.15) is 18.0 Å². The quantitative estimate of drug-likeness (QED) is 0.0178. The molecule has 4 spiro atoms. The summed E-state index contributed by atoms with van der Waals surface area (Å²) in [6.45, 7) is 40.7. The third-order valence-corrected chi connectivity index (χ3v) is 28.9. The topological polar surface area (TPSA) is 372 Å². The van der Waals surface area contributed by atoms with E-state index in [9.17, 15) is 45.0 Å². The van der Waals surface area contributed by atoms with E-state index >= 15 is 0 Å². The Bertz CT molecular complexity index is 3020. The molecule has 10 aliphatic rings. The van der Waals surface area contributed by atoms with Crippen molar-refractivity contribution in [2.45, 2.75) is 398 Å². The Kier molecular flexibility index (Phi) is 41.9. The molecule has 0 saturated carbocycles. The summed E-state index contributed by atoms with van der Waals surface area (Å²) in [6.07, 6.45) is 18.6. The minimum absolute atomic E-state index is 0. The smallest absolute Gasteiger partial charge is 0.870 e. The second kappa shape index (κ2) is 44.3. The predicted octanol–water partition coefficient (Wildman–Crippen LogP) is 6.51. The molecule has 0 aliphatic carbocycles. The van der Waals surface area contributed by atoms with Crippen molar-refractivity contribution in [3.05, 3.63) is 24.3 Å². The van der Waals surface area contributed by atoms with E-state index in [0.717, 1.165) is 50.7 Å². The van der Waals surface area contributed by atoms with E-state index in [1.165, 1.54) is 7.11 Å². The van der Waals surface area contributed by atoms with Crippen molar-refractivity contribution in [3.63, 3.8) is 0 Å². The van der Waals surface area contributed by atoms with Crippen LogP contribution in [-0.2, 0) is 66.6 Å². The monoisotopic (exact) mass is 1640 g/mol. The summed E-state index contributed by atoms with van der Waals surface area (Å²) in [4.78, 5) is 46.3. The van der Waals surface area contributed by atoms with Crippen molar-refractivity contribution in [1.29, 1.82) is 0 Å². The fourth-order valence-corrected chi connectivity index (χ4v) is 21.0. The molecule has 0 radical (unpaired) electrons. The van der Waals surface area contributed by atoms with Crippen molar-refractivity contribution in [3.8, 4) is 0 Å². The number of halogens is 1. The molecule has 8 saturated heterocycles. The average molecular weight is 1640 g/mol. The molecule has 0 aromatic rings. The first-order chi connectivity index (χ1) is 50.8. The zero-order valence-corrected chi connectivity index (χ0v) is 78.2. The number of hydrogen-bond acceptors (Lipinski definition) is 24. The predicted molar refractivity (Wildman–Crippen MR) is 424 cm³/mol. The summed E-state index contributed by atoms with van der Waals surface area (Å²) in [6, 6.07) is 0. The normalized spacial score (nSPS) is 43.6. The largest absolute Gasteiger partial charge is 1.00 e. The molecule has 10 N–H and O–H groups in total. The van der Waals surface area contributed by atoms with Crippen LogP contribution >= 0.6 is 12.4 Å². The summed E-state index contributed by atoms with van der Waals surface area (Å²) in [5, 5.41) is 68.7. The number of carbonyl (C=O) groups is 1. The number of aliphatic imine (C=N–C) groups is 1. The van der Waals surface area contributed by atoms with Crippen molar-refractivity contribution in [1.82, 2.24) is 0 Å². The second-order valence-electron chi connectivity index (χ2n) is 35.9. The molecule has 24 nitrogen and oxygen atoms in total.